The van der Waals surface area contributed by atoms with E-state index in [9.17, 15) is 0 Å². The third-order valence-electron chi connectivity index (χ3n) is 3.48. The molecule has 1 fully saturated rings. The van der Waals surface area contributed by atoms with E-state index < -0.39 is 0 Å². The van der Waals surface area contributed by atoms with Crippen LogP contribution in [0.1, 0.15) is 58.3 Å². The van der Waals surface area contributed by atoms with Gasteiger partial charge in [0.1, 0.15) is 0 Å². The minimum Gasteiger partial charge on any atom is -0.301 e. The van der Waals surface area contributed by atoms with Crippen molar-refractivity contribution in [3.05, 3.63) is 0 Å². The standard InChI is InChI=1S/C13H24N2/c1-2-15(12-8-4-7-11-14)13-9-5-3-6-10-13/h13H,2-10,12H2,1H3. The zero-order valence-electron chi connectivity index (χ0n) is 10.0. The smallest absolute Gasteiger partial charge is 0.0621 e. The van der Waals surface area contributed by atoms with Gasteiger partial charge in [0.25, 0.3) is 0 Å². The number of nitriles is 1. The molecule has 15 heavy (non-hydrogen) atoms. The fourth-order valence-corrected chi connectivity index (χ4v) is 2.56. The molecule has 0 atom stereocenters. The lowest BCUT2D eigenvalue weighted by Crippen LogP contribution is -2.37. The second-order valence-electron chi connectivity index (χ2n) is 4.54. The quantitative estimate of drug-likeness (QED) is 0.626. The molecule has 0 N–H and O–H groups in total. The van der Waals surface area contributed by atoms with Crippen LogP contribution in [0.4, 0.5) is 0 Å². The van der Waals surface area contributed by atoms with Crippen molar-refractivity contribution in [3.8, 4) is 6.07 Å². The molecule has 0 aromatic heterocycles. The van der Waals surface area contributed by atoms with E-state index in [1.807, 2.05) is 0 Å². The van der Waals surface area contributed by atoms with E-state index in [1.54, 1.807) is 0 Å². The molecule has 0 heterocycles. The van der Waals surface area contributed by atoms with Crippen LogP contribution in [0, 0.1) is 11.3 Å². The second-order valence-corrected chi connectivity index (χ2v) is 4.54. The molecular weight excluding hydrogens is 184 g/mol. The molecule has 2 nitrogen and oxygen atoms in total. The fourth-order valence-electron chi connectivity index (χ4n) is 2.56. The van der Waals surface area contributed by atoms with E-state index in [2.05, 4.69) is 17.9 Å². The molecule has 0 aromatic rings. The Kier molecular flexibility index (Phi) is 6.43. The summed E-state index contributed by atoms with van der Waals surface area (Å²) in [4.78, 5) is 2.62. The molecule has 0 spiro atoms. The maximum absolute atomic E-state index is 8.47. The van der Waals surface area contributed by atoms with Crippen molar-refractivity contribution >= 4 is 0 Å². The molecule has 0 bridgehead atoms. The van der Waals surface area contributed by atoms with Crippen LogP contribution in [0.25, 0.3) is 0 Å². The zero-order chi connectivity index (χ0) is 10.9. The van der Waals surface area contributed by atoms with E-state index in [1.165, 1.54) is 51.6 Å². The Hall–Kier alpha value is -0.550. The predicted molar refractivity (Wildman–Crippen MR) is 63.6 cm³/mol. The molecule has 1 aliphatic carbocycles. The van der Waals surface area contributed by atoms with Crippen molar-refractivity contribution in [2.75, 3.05) is 13.1 Å². The van der Waals surface area contributed by atoms with Gasteiger partial charge in [0.2, 0.25) is 0 Å². The second kappa shape index (κ2) is 7.70. The van der Waals surface area contributed by atoms with Gasteiger partial charge in [0.05, 0.1) is 6.07 Å². The minimum absolute atomic E-state index is 0.724. The molecule has 0 radical (unpaired) electrons. The fraction of sp³-hybridized carbons (Fsp3) is 0.923. The van der Waals surface area contributed by atoms with Crippen LogP contribution in [0.3, 0.4) is 0 Å². The van der Waals surface area contributed by atoms with Crippen LogP contribution < -0.4 is 0 Å². The lowest BCUT2D eigenvalue weighted by atomic mass is 9.94. The maximum atomic E-state index is 8.47. The van der Waals surface area contributed by atoms with Crippen LogP contribution in [-0.4, -0.2) is 24.0 Å². The number of unbranched alkanes of at least 4 members (excludes halogenated alkanes) is 2. The minimum atomic E-state index is 0.724. The summed E-state index contributed by atoms with van der Waals surface area (Å²) < 4.78 is 0. The first-order chi connectivity index (χ1) is 7.38. The lowest BCUT2D eigenvalue weighted by Gasteiger charge is -2.33. The van der Waals surface area contributed by atoms with E-state index in [0.717, 1.165) is 18.9 Å². The highest BCUT2D eigenvalue weighted by molar-refractivity contribution is 4.76. The van der Waals surface area contributed by atoms with Gasteiger partial charge >= 0.3 is 0 Å². The molecule has 1 aliphatic rings. The molecule has 0 amide bonds. The van der Waals surface area contributed by atoms with Gasteiger partial charge in [0.15, 0.2) is 0 Å². The largest absolute Gasteiger partial charge is 0.301 e. The first-order valence-corrected chi connectivity index (χ1v) is 6.49. The predicted octanol–water partition coefficient (Wildman–Crippen LogP) is 3.33. The van der Waals surface area contributed by atoms with Gasteiger partial charge in [-0.15, -0.1) is 0 Å². The lowest BCUT2D eigenvalue weighted by molar-refractivity contribution is 0.161. The SMILES string of the molecule is CCN(CCCCC#N)C1CCCCC1. The van der Waals surface area contributed by atoms with Crippen LogP contribution in [-0.2, 0) is 0 Å². The first kappa shape index (κ1) is 12.5. The summed E-state index contributed by atoms with van der Waals surface area (Å²) >= 11 is 0. The van der Waals surface area contributed by atoms with E-state index in [4.69, 9.17) is 5.26 Å². The Labute approximate surface area is 94.3 Å². The number of hydrogen-bond acceptors (Lipinski definition) is 2. The van der Waals surface area contributed by atoms with Gasteiger partial charge in [-0.25, -0.2) is 0 Å². The number of hydrogen-bond donors (Lipinski definition) is 0. The molecule has 86 valence electrons. The highest BCUT2D eigenvalue weighted by Crippen LogP contribution is 2.22. The van der Waals surface area contributed by atoms with Gasteiger partial charge < -0.3 is 4.90 Å². The van der Waals surface area contributed by atoms with Gasteiger partial charge in [-0.1, -0.05) is 26.2 Å². The molecule has 2 heteroatoms. The summed E-state index contributed by atoms with van der Waals surface area (Å²) in [5.74, 6) is 0. The number of rotatable bonds is 6. The zero-order valence-corrected chi connectivity index (χ0v) is 10.0. The molecule has 0 unspecified atom stereocenters. The molecule has 1 saturated carbocycles. The third kappa shape index (κ3) is 4.66. The summed E-state index contributed by atoms with van der Waals surface area (Å²) in [5.41, 5.74) is 0. The summed E-state index contributed by atoms with van der Waals surface area (Å²) in [6.07, 6.45) is 10.0. The Balaban J connectivity index is 2.19. The third-order valence-corrected chi connectivity index (χ3v) is 3.48. The van der Waals surface area contributed by atoms with Crippen molar-refractivity contribution < 1.29 is 0 Å². The highest BCUT2D eigenvalue weighted by Gasteiger charge is 2.18. The average Bonchev–Trinajstić information content (AvgIpc) is 2.30. The van der Waals surface area contributed by atoms with E-state index in [0.29, 0.717) is 0 Å². The van der Waals surface area contributed by atoms with Gasteiger partial charge in [-0.2, -0.15) is 5.26 Å². The Bertz CT molecular complexity index is 189. The Morgan fingerprint density at radius 3 is 2.53 bits per heavy atom. The van der Waals surface area contributed by atoms with Crippen LogP contribution in [0.5, 0.6) is 0 Å². The Morgan fingerprint density at radius 1 is 1.20 bits per heavy atom. The van der Waals surface area contributed by atoms with Crippen LogP contribution >= 0.6 is 0 Å². The molecule has 0 aliphatic heterocycles. The molecular formula is C13H24N2. The van der Waals surface area contributed by atoms with E-state index in [-0.39, 0.29) is 0 Å². The average molecular weight is 208 g/mol. The maximum Gasteiger partial charge on any atom is 0.0621 e. The summed E-state index contributed by atoms with van der Waals surface area (Å²) in [6, 6.07) is 3.06. The molecule has 0 aromatic carbocycles. The van der Waals surface area contributed by atoms with Crippen molar-refractivity contribution in [1.29, 1.82) is 5.26 Å². The van der Waals surface area contributed by atoms with Crippen molar-refractivity contribution in [3.63, 3.8) is 0 Å². The van der Waals surface area contributed by atoms with Crippen molar-refractivity contribution in [2.45, 2.75) is 64.3 Å². The monoisotopic (exact) mass is 208 g/mol. The number of nitrogens with zero attached hydrogens (tertiary/aromatic N) is 2. The van der Waals surface area contributed by atoms with Crippen LogP contribution in [0.2, 0.25) is 0 Å². The molecule has 0 saturated heterocycles. The summed E-state index contributed by atoms with van der Waals surface area (Å²) in [5, 5.41) is 8.47. The van der Waals surface area contributed by atoms with Gasteiger partial charge in [0, 0.05) is 12.5 Å². The highest BCUT2D eigenvalue weighted by atomic mass is 15.1. The van der Waals surface area contributed by atoms with Crippen molar-refractivity contribution in [2.24, 2.45) is 0 Å². The summed E-state index contributed by atoms with van der Waals surface area (Å²) in [6.45, 7) is 4.64. The summed E-state index contributed by atoms with van der Waals surface area (Å²) in [7, 11) is 0. The topological polar surface area (TPSA) is 27.0 Å². The van der Waals surface area contributed by atoms with E-state index >= 15 is 0 Å². The molecule has 1 rings (SSSR count). The van der Waals surface area contributed by atoms with Gasteiger partial charge in [-0.3, -0.25) is 0 Å². The normalized spacial score (nSPS) is 17.9. The Morgan fingerprint density at radius 2 is 1.93 bits per heavy atom. The van der Waals surface area contributed by atoms with Crippen molar-refractivity contribution in [1.82, 2.24) is 4.90 Å². The first-order valence-electron chi connectivity index (χ1n) is 6.49. The van der Waals surface area contributed by atoms with Crippen LogP contribution in [0.15, 0.2) is 0 Å². The van der Waals surface area contributed by atoms with Gasteiger partial charge in [-0.05, 0) is 38.8 Å².